The molecule has 1 aromatic heterocycles. The summed E-state index contributed by atoms with van der Waals surface area (Å²) in [5, 5.41) is 7.96. The molecule has 7 rings (SSSR count). The number of carbonyl (C=O) groups excluding carboxylic acids is 4. The lowest BCUT2D eigenvalue weighted by Crippen LogP contribution is -2.71. The number of para-hydroxylation sites is 2. The van der Waals surface area contributed by atoms with Crippen molar-refractivity contribution in [3.05, 3.63) is 137 Å². The van der Waals surface area contributed by atoms with Crippen LogP contribution in [0.3, 0.4) is 0 Å². The molecular formula is C76H108N8O8+2. The van der Waals surface area contributed by atoms with Gasteiger partial charge in [-0.15, -0.1) is 4.57 Å². The number of nitrogens with zero attached hydrogens (tertiary/aromatic N) is 5. The number of aromatic nitrogens is 2. The van der Waals surface area contributed by atoms with E-state index in [1.54, 1.807) is 9.80 Å². The maximum Gasteiger partial charge on any atom is 0.414 e. The van der Waals surface area contributed by atoms with Gasteiger partial charge in [-0.25, -0.2) is 29.2 Å². The van der Waals surface area contributed by atoms with Crippen LogP contribution in [0.1, 0.15) is 205 Å². The number of amides is 4. The number of anilines is 3. The van der Waals surface area contributed by atoms with Gasteiger partial charge in [-0.3, -0.25) is 25.8 Å². The van der Waals surface area contributed by atoms with Crippen molar-refractivity contribution in [2.24, 2.45) is 4.99 Å². The Bertz CT molecular complexity index is 3550. The molecule has 16 nitrogen and oxygen atoms in total. The second-order valence-corrected chi connectivity index (χ2v) is 27.1. The van der Waals surface area contributed by atoms with Crippen molar-refractivity contribution in [2.75, 3.05) is 28.2 Å². The number of alkyl carbamates (subject to hydrolysis) is 1. The lowest BCUT2D eigenvalue weighted by atomic mass is 10.0. The van der Waals surface area contributed by atoms with E-state index < -0.39 is 40.7 Å². The molecule has 0 bridgehead atoms. The molecule has 6 aromatic rings. The van der Waals surface area contributed by atoms with Crippen molar-refractivity contribution in [1.82, 2.24) is 10.3 Å². The molecule has 0 saturated heterocycles. The first-order chi connectivity index (χ1) is 43.4. The zero-order chi connectivity index (χ0) is 68.1. The number of hydrogen-bond donors (Lipinski definition) is 3. The third-order valence-electron chi connectivity index (χ3n) is 14.6. The summed E-state index contributed by atoms with van der Waals surface area (Å²) in [6.07, 6.45) is 12.7. The molecule has 16 heteroatoms. The van der Waals surface area contributed by atoms with Crippen molar-refractivity contribution in [2.45, 2.75) is 232 Å². The summed E-state index contributed by atoms with van der Waals surface area (Å²) < 4.78 is 25.4. The number of ether oxygens (including phenoxy) is 4. The number of quaternary nitrogens is 1. The predicted molar refractivity (Wildman–Crippen MR) is 378 cm³/mol. The largest absolute Gasteiger partial charge is 0.444 e. The average Bonchev–Trinajstić information content (AvgIpc) is 0.750. The predicted octanol–water partition coefficient (Wildman–Crippen LogP) is 19.4. The van der Waals surface area contributed by atoms with Gasteiger partial charge < -0.3 is 18.9 Å². The van der Waals surface area contributed by atoms with Gasteiger partial charge in [-0.2, -0.15) is 0 Å². The van der Waals surface area contributed by atoms with Gasteiger partial charge in [-0.1, -0.05) is 122 Å². The molecule has 4 amide bonds. The van der Waals surface area contributed by atoms with Gasteiger partial charge in [0.15, 0.2) is 5.69 Å². The summed E-state index contributed by atoms with van der Waals surface area (Å²) in [6.45, 7) is 39.3. The van der Waals surface area contributed by atoms with Crippen molar-refractivity contribution in [1.29, 1.82) is 0 Å². The molecule has 0 unspecified atom stereocenters. The molecule has 1 aliphatic rings. The highest BCUT2D eigenvalue weighted by Gasteiger charge is 2.31. The number of carbonyl (C=O) groups is 4. The molecule has 5 aromatic carbocycles. The van der Waals surface area contributed by atoms with Crippen LogP contribution in [-0.4, -0.2) is 70.6 Å². The van der Waals surface area contributed by atoms with E-state index in [1.165, 1.54) is 0 Å². The minimum absolute atomic E-state index is 0.383. The van der Waals surface area contributed by atoms with Gasteiger partial charge in [0, 0.05) is 60.7 Å². The van der Waals surface area contributed by atoms with Crippen molar-refractivity contribution < 1.29 is 48.0 Å². The summed E-state index contributed by atoms with van der Waals surface area (Å²) in [5.41, 5.74) is 11.2. The molecule has 92 heavy (non-hydrogen) atoms. The lowest BCUT2D eigenvalue weighted by molar-refractivity contribution is -0.538. The van der Waals surface area contributed by atoms with E-state index in [-0.39, 0.29) is 6.09 Å². The number of benzene rings is 5. The first-order valence-corrected chi connectivity index (χ1v) is 33.3. The zero-order valence-electron chi connectivity index (χ0n) is 59.2. The van der Waals surface area contributed by atoms with Crippen LogP contribution < -0.4 is 30.3 Å². The SMILES string of the molecule is CC.CC.CC1=CC(=Nc2ccc(N(CCCCCCCCCCCCN(C(=O)OC(C)(C)C)c3cc4c(cc3C)nc3cc(C)c(NC(=O)OC(C)(C)C)cc3[n+]4-c3ccccc3)C(=O)OC(C)(C)C)c(C)c2[NH2+]c2ccccc2)CC=C1NC(=O)OC(C)(C)C. The van der Waals surface area contributed by atoms with Crippen LogP contribution >= 0.6 is 0 Å². The topological polar surface area (TPSA) is 181 Å². The Morgan fingerprint density at radius 3 is 1.50 bits per heavy atom. The molecule has 0 atom stereocenters. The van der Waals surface area contributed by atoms with Crippen LogP contribution in [-0.2, 0) is 18.9 Å². The van der Waals surface area contributed by atoms with Crippen LogP contribution in [0.25, 0.3) is 27.8 Å². The Balaban J connectivity index is 0.00000376. The van der Waals surface area contributed by atoms with Crippen molar-refractivity contribution >= 4 is 86.3 Å². The quantitative estimate of drug-likeness (QED) is 0.0208. The minimum Gasteiger partial charge on any atom is -0.444 e. The first-order valence-electron chi connectivity index (χ1n) is 33.3. The van der Waals surface area contributed by atoms with Crippen molar-refractivity contribution in [3.63, 3.8) is 0 Å². The monoisotopic (exact) mass is 1260 g/mol. The molecular weight excluding hydrogens is 1150 g/mol. The number of nitrogens with one attached hydrogen (secondary N) is 2. The first kappa shape index (κ1) is 74.6. The number of aryl methyl sites for hydroxylation is 2. The number of rotatable bonds is 21. The smallest absolute Gasteiger partial charge is 0.414 e. The van der Waals surface area contributed by atoms with Gasteiger partial charge in [0.1, 0.15) is 44.8 Å². The molecule has 0 aliphatic heterocycles. The van der Waals surface area contributed by atoms with E-state index in [0.717, 1.165) is 148 Å². The fraction of sp³-hybridized carbons (Fsp3) is 0.487. The van der Waals surface area contributed by atoms with E-state index in [2.05, 4.69) is 32.7 Å². The molecule has 0 fully saturated rings. The van der Waals surface area contributed by atoms with E-state index in [9.17, 15) is 19.2 Å². The van der Waals surface area contributed by atoms with Gasteiger partial charge >= 0.3 is 24.4 Å². The number of hydrogen-bond acceptors (Lipinski definition) is 10. The van der Waals surface area contributed by atoms with Gasteiger partial charge in [-0.05, 0) is 183 Å². The summed E-state index contributed by atoms with van der Waals surface area (Å²) in [5.74, 6) is 0. The summed E-state index contributed by atoms with van der Waals surface area (Å²) in [6, 6.07) is 32.1. The van der Waals surface area contributed by atoms with Crippen molar-refractivity contribution in [3.8, 4) is 5.69 Å². The van der Waals surface area contributed by atoms with Gasteiger partial charge in [0.2, 0.25) is 16.7 Å². The Morgan fingerprint density at radius 2 is 1.00 bits per heavy atom. The molecule has 498 valence electrons. The summed E-state index contributed by atoms with van der Waals surface area (Å²) in [4.78, 5) is 67.8. The van der Waals surface area contributed by atoms with E-state index in [0.29, 0.717) is 30.9 Å². The fourth-order valence-electron chi connectivity index (χ4n) is 10.6. The number of nitrogens with two attached hydrogens (primary N) is 1. The lowest BCUT2D eigenvalue weighted by Gasteiger charge is -2.29. The van der Waals surface area contributed by atoms with Crippen LogP contribution in [0.5, 0.6) is 0 Å². The zero-order valence-corrected chi connectivity index (χ0v) is 59.2. The average molecular weight is 1260 g/mol. The number of unbranched alkanes of at least 4 members (excludes halogenated alkanes) is 9. The van der Waals surface area contributed by atoms with Crippen LogP contribution in [0.2, 0.25) is 0 Å². The number of fused-ring (bicyclic) bond motifs is 2. The van der Waals surface area contributed by atoms with Crippen LogP contribution in [0.15, 0.2) is 125 Å². The number of aliphatic imine (C=N–C) groups is 1. The highest BCUT2D eigenvalue weighted by atomic mass is 16.6. The molecule has 4 N–H and O–H groups in total. The molecule has 1 heterocycles. The normalized spacial score (nSPS) is 13.0. The maximum atomic E-state index is 14.2. The highest BCUT2D eigenvalue weighted by Crippen LogP contribution is 2.36. The second-order valence-electron chi connectivity index (χ2n) is 27.1. The van der Waals surface area contributed by atoms with Crippen LogP contribution in [0, 0.1) is 20.8 Å². The summed E-state index contributed by atoms with van der Waals surface area (Å²) >= 11 is 0. The minimum atomic E-state index is -0.702. The third kappa shape index (κ3) is 22.9. The molecule has 1 aliphatic carbocycles. The molecule has 0 saturated carbocycles. The number of allylic oxidation sites excluding steroid dienone is 3. The van der Waals surface area contributed by atoms with Gasteiger partial charge in [0.05, 0.1) is 17.1 Å². The summed E-state index contributed by atoms with van der Waals surface area (Å²) in [7, 11) is 0. The Labute approximate surface area is 549 Å². The third-order valence-corrected chi connectivity index (χ3v) is 14.6. The molecule has 0 spiro atoms. The van der Waals surface area contributed by atoms with E-state index in [1.807, 2.05) is 236 Å². The van der Waals surface area contributed by atoms with Crippen LogP contribution in [0.4, 0.5) is 53.3 Å². The van der Waals surface area contributed by atoms with E-state index in [4.69, 9.17) is 28.9 Å². The maximum absolute atomic E-state index is 14.2. The van der Waals surface area contributed by atoms with Gasteiger partial charge in [0.25, 0.3) is 0 Å². The fourth-order valence-corrected chi connectivity index (χ4v) is 10.6. The Hall–Kier alpha value is -8.11. The molecule has 0 radical (unpaired) electrons. The Morgan fingerprint density at radius 1 is 0.543 bits per heavy atom. The second kappa shape index (κ2) is 34.0. The standard InChI is InChI=1S/C72H94N8O8.2C2H6/c1-48-43-53(37-38-55(48)76-65(81)85-69(5,6)7)73-56-39-40-60(51(4)64(56)74-52-33-27-25-28-34-52)78(67(83)87-71(11,12)13)41-31-23-21-19-17-18-20-22-24-32-42-79(68(84)88-72(14,15)16)61-47-63-59(45-50(61)3)75-58-44-49(2)57(77-66(82)86-70(8,9)10)46-62(58)80(63)54-35-29-26-30-36-54;2*1-2/h25-30,33-36,38-40,43-47,74H,17-24,31-32,37,41-42H2,1-16H3,(H,76,81);2*1-2H3/p+2. The Kier molecular flexibility index (Phi) is 27.6. The van der Waals surface area contributed by atoms with E-state index >= 15 is 0 Å². The highest BCUT2D eigenvalue weighted by molar-refractivity contribution is 6.01.